The van der Waals surface area contributed by atoms with Crippen LogP contribution in [-0.2, 0) is 6.54 Å². The van der Waals surface area contributed by atoms with E-state index in [0.29, 0.717) is 18.1 Å². The Kier molecular flexibility index (Phi) is 3.43. The van der Waals surface area contributed by atoms with Crippen molar-refractivity contribution in [3.8, 4) is 0 Å². The van der Waals surface area contributed by atoms with Gasteiger partial charge < -0.3 is 5.32 Å². The summed E-state index contributed by atoms with van der Waals surface area (Å²) in [6, 6.07) is 7.63. The van der Waals surface area contributed by atoms with E-state index in [9.17, 15) is 8.78 Å². The molecule has 4 heteroatoms. The highest BCUT2D eigenvalue weighted by Gasteiger charge is 2.11. The van der Waals surface area contributed by atoms with Crippen molar-refractivity contribution in [1.29, 1.82) is 0 Å². The lowest BCUT2D eigenvalue weighted by Gasteiger charge is -2.10. The fourth-order valence-electron chi connectivity index (χ4n) is 1.89. The Hall–Kier alpha value is -1.42. The molecule has 1 aromatic carbocycles. The molecule has 1 aromatic heterocycles. The van der Waals surface area contributed by atoms with Crippen molar-refractivity contribution in [1.82, 2.24) is 9.88 Å². The second-order valence-electron chi connectivity index (χ2n) is 4.39. The predicted octanol–water partition coefficient (Wildman–Crippen LogP) is 3.53. The number of aromatic nitrogens is 1. The molecule has 0 radical (unpaired) electrons. The molecule has 92 valence electrons. The van der Waals surface area contributed by atoms with Crippen LogP contribution in [0, 0.1) is 0 Å². The lowest BCUT2D eigenvalue weighted by molar-refractivity contribution is 0.0752. The van der Waals surface area contributed by atoms with Gasteiger partial charge in [-0.05, 0) is 17.7 Å². The summed E-state index contributed by atoms with van der Waals surface area (Å²) in [5, 5.41) is 4.19. The molecule has 1 heterocycles. The average molecular weight is 238 g/mol. The Labute approximate surface area is 99.2 Å². The molecular formula is C13H16F2N2. The molecule has 2 rings (SSSR count). The van der Waals surface area contributed by atoms with E-state index < -0.39 is 6.55 Å². The zero-order valence-corrected chi connectivity index (χ0v) is 9.95. The van der Waals surface area contributed by atoms with Gasteiger partial charge in [0.2, 0.25) is 0 Å². The normalized spacial score (nSPS) is 11.9. The van der Waals surface area contributed by atoms with Crippen molar-refractivity contribution in [3.63, 3.8) is 0 Å². The molecule has 1 N–H and O–H groups in total. The fraction of sp³-hybridized carbons (Fsp3) is 0.385. The molecule has 0 unspecified atom stereocenters. The van der Waals surface area contributed by atoms with Gasteiger partial charge in [0.05, 0.1) is 5.52 Å². The second kappa shape index (κ2) is 4.84. The number of hydrogen-bond acceptors (Lipinski definition) is 1. The maximum absolute atomic E-state index is 12.7. The van der Waals surface area contributed by atoms with Crippen LogP contribution in [0.25, 0.3) is 10.9 Å². The molecule has 0 saturated carbocycles. The number of nitrogens with zero attached hydrogens (tertiary/aromatic N) is 1. The zero-order valence-electron chi connectivity index (χ0n) is 9.95. The summed E-state index contributed by atoms with van der Waals surface area (Å²) in [5.41, 5.74) is 1.64. The molecule has 0 aliphatic heterocycles. The number of fused-ring (bicyclic) bond motifs is 1. The van der Waals surface area contributed by atoms with Gasteiger partial charge in [0.1, 0.15) is 0 Å². The lowest BCUT2D eigenvalue weighted by Crippen LogP contribution is -2.21. The standard InChI is InChI=1S/C13H16F2N2/c1-9(2)16-8-10-4-3-5-12-11(10)6-7-17(12)13(14)15/h3-7,9,13,16H,8H2,1-2H3. The van der Waals surface area contributed by atoms with Crippen LogP contribution in [0.15, 0.2) is 30.5 Å². The average Bonchev–Trinajstić information content (AvgIpc) is 2.70. The number of rotatable bonds is 4. The van der Waals surface area contributed by atoms with E-state index in [1.807, 2.05) is 12.1 Å². The third kappa shape index (κ3) is 2.47. The van der Waals surface area contributed by atoms with Gasteiger partial charge in [0.25, 0.3) is 0 Å². The highest BCUT2D eigenvalue weighted by atomic mass is 19.3. The minimum atomic E-state index is -2.49. The van der Waals surface area contributed by atoms with Crippen LogP contribution in [0.3, 0.4) is 0 Å². The summed E-state index contributed by atoms with van der Waals surface area (Å²) >= 11 is 0. The molecule has 0 atom stereocenters. The number of hydrogen-bond donors (Lipinski definition) is 1. The van der Waals surface area contributed by atoms with E-state index in [4.69, 9.17) is 0 Å². The molecule has 0 spiro atoms. The third-order valence-electron chi connectivity index (χ3n) is 2.76. The SMILES string of the molecule is CC(C)NCc1cccc2c1ccn2C(F)F. The summed E-state index contributed by atoms with van der Waals surface area (Å²) < 4.78 is 26.4. The van der Waals surface area contributed by atoms with Gasteiger partial charge in [0.15, 0.2) is 0 Å². The van der Waals surface area contributed by atoms with Gasteiger partial charge in [-0.2, -0.15) is 8.78 Å². The van der Waals surface area contributed by atoms with Crippen molar-refractivity contribution in [2.45, 2.75) is 33.0 Å². The van der Waals surface area contributed by atoms with Gasteiger partial charge in [-0.1, -0.05) is 26.0 Å². The van der Waals surface area contributed by atoms with Crippen molar-refractivity contribution in [2.24, 2.45) is 0 Å². The summed E-state index contributed by atoms with van der Waals surface area (Å²) in [4.78, 5) is 0. The Morgan fingerprint density at radius 2 is 2.00 bits per heavy atom. The van der Waals surface area contributed by atoms with E-state index in [2.05, 4.69) is 19.2 Å². The third-order valence-corrected chi connectivity index (χ3v) is 2.76. The van der Waals surface area contributed by atoms with Crippen LogP contribution in [0.4, 0.5) is 8.78 Å². The summed E-state index contributed by atoms with van der Waals surface area (Å²) in [6.45, 7) is 2.33. The van der Waals surface area contributed by atoms with Gasteiger partial charge in [-0.15, -0.1) is 0 Å². The molecule has 0 saturated heterocycles. The summed E-state index contributed by atoms with van der Waals surface area (Å²) in [7, 11) is 0. The first-order chi connectivity index (χ1) is 8.09. The first-order valence-corrected chi connectivity index (χ1v) is 5.69. The smallest absolute Gasteiger partial charge is 0.310 e. The molecule has 0 amide bonds. The molecule has 2 aromatic rings. The number of halogens is 2. The van der Waals surface area contributed by atoms with Crippen LogP contribution in [-0.4, -0.2) is 10.6 Å². The molecule has 0 bridgehead atoms. The quantitative estimate of drug-likeness (QED) is 0.862. The maximum Gasteiger partial charge on any atom is 0.319 e. The Balaban J connectivity index is 2.38. The second-order valence-corrected chi connectivity index (χ2v) is 4.39. The molecule has 0 aliphatic rings. The van der Waals surface area contributed by atoms with E-state index in [-0.39, 0.29) is 0 Å². The lowest BCUT2D eigenvalue weighted by atomic mass is 10.1. The van der Waals surface area contributed by atoms with Gasteiger partial charge in [-0.3, -0.25) is 4.57 Å². The highest BCUT2D eigenvalue weighted by Crippen LogP contribution is 2.24. The first kappa shape index (κ1) is 12.0. The number of benzene rings is 1. The monoisotopic (exact) mass is 238 g/mol. The summed E-state index contributed by atoms with van der Waals surface area (Å²) in [6.07, 6.45) is 1.44. The number of nitrogens with one attached hydrogen (secondary N) is 1. The molecule has 0 aliphatic carbocycles. The largest absolute Gasteiger partial charge is 0.319 e. The van der Waals surface area contributed by atoms with Crippen molar-refractivity contribution >= 4 is 10.9 Å². The van der Waals surface area contributed by atoms with E-state index in [1.165, 1.54) is 6.20 Å². The topological polar surface area (TPSA) is 17.0 Å². The first-order valence-electron chi connectivity index (χ1n) is 5.69. The molecule has 17 heavy (non-hydrogen) atoms. The van der Waals surface area contributed by atoms with E-state index in [1.54, 1.807) is 12.1 Å². The highest BCUT2D eigenvalue weighted by molar-refractivity contribution is 5.83. The fourth-order valence-corrected chi connectivity index (χ4v) is 1.89. The van der Waals surface area contributed by atoms with Crippen LogP contribution < -0.4 is 5.32 Å². The van der Waals surface area contributed by atoms with Gasteiger partial charge in [-0.25, -0.2) is 0 Å². The Bertz CT molecular complexity index is 503. The molecule has 2 nitrogen and oxygen atoms in total. The van der Waals surface area contributed by atoms with E-state index in [0.717, 1.165) is 15.5 Å². The maximum atomic E-state index is 12.7. The Morgan fingerprint density at radius 3 is 2.65 bits per heavy atom. The summed E-state index contributed by atoms with van der Waals surface area (Å²) in [5.74, 6) is 0. The predicted molar refractivity (Wildman–Crippen MR) is 65.2 cm³/mol. The molecule has 0 fully saturated rings. The van der Waals surface area contributed by atoms with E-state index >= 15 is 0 Å². The van der Waals surface area contributed by atoms with Crippen LogP contribution in [0.2, 0.25) is 0 Å². The minimum absolute atomic E-state index is 0.377. The number of alkyl halides is 2. The van der Waals surface area contributed by atoms with Crippen molar-refractivity contribution in [3.05, 3.63) is 36.0 Å². The zero-order chi connectivity index (χ0) is 12.4. The Morgan fingerprint density at radius 1 is 1.24 bits per heavy atom. The van der Waals surface area contributed by atoms with Crippen LogP contribution in [0.1, 0.15) is 26.0 Å². The van der Waals surface area contributed by atoms with Gasteiger partial charge in [0, 0.05) is 24.2 Å². The van der Waals surface area contributed by atoms with Crippen LogP contribution in [0.5, 0.6) is 0 Å². The minimum Gasteiger partial charge on any atom is -0.310 e. The molecular weight excluding hydrogens is 222 g/mol. The van der Waals surface area contributed by atoms with Crippen molar-refractivity contribution in [2.75, 3.05) is 0 Å². The van der Waals surface area contributed by atoms with Crippen molar-refractivity contribution < 1.29 is 8.78 Å². The van der Waals surface area contributed by atoms with Crippen LogP contribution >= 0.6 is 0 Å². The van der Waals surface area contributed by atoms with Gasteiger partial charge >= 0.3 is 6.55 Å².